The molecule has 0 radical (unpaired) electrons. The molecule has 1 heterocycles. The Kier molecular flexibility index (Phi) is 4.11. The summed E-state index contributed by atoms with van der Waals surface area (Å²) in [5.41, 5.74) is 0.378. The smallest absolute Gasteiger partial charge is 0.264 e. The first-order valence-corrected chi connectivity index (χ1v) is 5.94. The second-order valence-electron chi connectivity index (χ2n) is 4.40. The predicted octanol–water partition coefficient (Wildman–Crippen LogP) is 2.40. The van der Waals surface area contributed by atoms with Crippen LogP contribution in [-0.4, -0.2) is 15.2 Å². The van der Waals surface area contributed by atoms with E-state index in [1.807, 2.05) is 13.8 Å². The number of benzene rings is 1. The summed E-state index contributed by atoms with van der Waals surface area (Å²) >= 11 is 0. The minimum atomic E-state index is -0.420. The molecule has 2 rings (SSSR count). The monoisotopic (exact) mass is 266 g/mol. The van der Waals surface area contributed by atoms with Crippen LogP contribution in [-0.2, 0) is 13.2 Å². The molecule has 0 aliphatic rings. The molecule has 0 saturated carbocycles. The van der Waals surface area contributed by atoms with Gasteiger partial charge < -0.3 is 14.4 Å². The van der Waals surface area contributed by atoms with Gasteiger partial charge >= 0.3 is 0 Å². The number of halogens is 1. The number of hydrogen-bond donors (Lipinski definition) is 1. The maximum Gasteiger partial charge on any atom is 0.264 e. The first-order chi connectivity index (χ1) is 9.10. The van der Waals surface area contributed by atoms with Crippen molar-refractivity contribution in [3.63, 3.8) is 0 Å². The Bertz CT molecular complexity index is 555. The fourth-order valence-corrected chi connectivity index (χ4v) is 1.51. The van der Waals surface area contributed by atoms with E-state index in [0.717, 1.165) is 0 Å². The highest BCUT2D eigenvalue weighted by Gasteiger charge is 2.11. The first-order valence-electron chi connectivity index (χ1n) is 5.94. The minimum absolute atomic E-state index is 0.0817. The van der Waals surface area contributed by atoms with E-state index in [4.69, 9.17) is 14.4 Å². The predicted molar refractivity (Wildman–Crippen MR) is 65.0 cm³/mol. The second kappa shape index (κ2) is 5.79. The van der Waals surface area contributed by atoms with Gasteiger partial charge in [-0.25, -0.2) is 4.39 Å². The highest BCUT2D eigenvalue weighted by Crippen LogP contribution is 2.21. The molecule has 6 heteroatoms. The van der Waals surface area contributed by atoms with Crippen LogP contribution in [0.1, 0.15) is 37.0 Å². The maximum atomic E-state index is 13.0. The molecular formula is C13H15FN2O3. The molecule has 102 valence electrons. The van der Waals surface area contributed by atoms with Crippen molar-refractivity contribution >= 4 is 0 Å². The lowest BCUT2D eigenvalue weighted by Crippen LogP contribution is -2.00. The number of ether oxygens (including phenoxy) is 1. The Hall–Kier alpha value is -1.95. The minimum Gasteiger partial charge on any atom is -0.483 e. The second-order valence-corrected chi connectivity index (χ2v) is 4.40. The molecule has 1 N–H and O–H groups in total. The number of aliphatic hydroxyl groups is 1. The topological polar surface area (TPSA) is 68.4 Å². The maximum absolute atomic E-state index is 13.0. The third-order valence-corrected chi connectivity index (χ3v) is 2.54. The lowest BCUT2D eigenvalue weighted by Gasteiger charge is -2.07. The van der Waals surface area contributed by atoms with Crippen molar-refractivity contribution in [1.82, 2.24) is 10.1 Å². The zero-order valence-electron chi connectivity index (χ0n) is 10.8. The van der Waals surface area contributed by atoms with Gasteiger partial charge in [-0.2, -0.15) is 4.98 Å². The lowest BCUT2D eigenvalue weighted by atomic mass is 10.2. The van der Waals surface area contributed by atoms with Gasteiger partial charge in [0.1, 0.15) is 11.6 Å². The molecule has 0 aliphatic carbocycles. The number of aromatic nitrogens is 2. The van der Waals surface area contributed by atoms with Crippen LogP contribution in [0, 0.1) is 5.82 Å². The molecule has 1 aromatic carbocycles. The van der Waals surface area contributed by atoms with Crippen molar-refractivity contribution in [2.45, 2.75) is 33.0 Å². The van der Waals surface area contributed by atoms with Crippen LogP contribution in [0.3, 0.4) is 0 Å². The Morgan fingerprint density at radius 3 is 2.84 bits per heavy atom. The van der Waals surface area contributed by atoms with Gasteiger partial charge in [0.2, 0.25) is 0 Å². The van der Waals surface area contributed by atoms with E-state index in [-0.39, 0.29) is 19.1 Å². The SMILES string of the molecule is CC(C)c1noc(COc2ccc(F)cc2CO)n1. The average molecular weight is 266 g/mol. The molecule has 0 fully saturated rings. The van der Waals surface area contributed by atoms with Crippen LogP contribution in [0.4, 0.5) is 4.39 Å². The Labute approximate surface area is 110 Å². The van der Waals surface area contributed by atoms with Crippen LogP contribution in [0.15, 0.2) is 22.7 Å². The molecule has 0 atom stereocenters. The fourth-order valence-electron chi connectivity index (χ4n) is 1.51. The molecule has 0 unspecified atom stereocenters. The third-order valence-electron chi connectivity index (χ3n) is 2.54. The molecule has 0 bridgehead atoms. The van der Waals surface area contributed by atoms with Crippen LogP contribution < -0.4 is 4.74 Å². The van der Waals surface area contributed by atoms with Gasteiger partial charge in [0, 0.05) is 11.5 Å². The van der Waals surface area contributed by atoms with Gasteiger partial charge in [-0.05, 0) is 18.2 Å². The molecule has 0 spiro atoms. The van der Waals surface area contributed by atoms with Gasteiger partial charge in [-0.15, -0.1) is 0 Å². The Balaban J connectivity index is 2.05. The van der Waals surface area contributed by atoms with E-state index in [1.54, 1.807) is 0 Å². The van der Waals surface area contributed by atoms with Gasteiger partial charge in [0.25, 0.3) is 5.89 Å². The Morgan fingerprint density at radius 2 is 2.21 bits per heavy atom. The van der Waals surface area contributed by atoms with Gasteiger partial charge in [-0.3, -0.25) is 0 Å². The van der Waals surface area contributed by atoms with Crippen molar-refractivity contribution in [3.05, 3.63) is 41.3 Å². The highest BCUT2D eigenvalue weighted by molar-refractivity contribution is 5.33. The number of rotatable bonds is 5. The molecular weight excluding hydrogens is 251 g/mol. The zero-order chi connectivity index (χ0) is 13.8. The summed E-state index contributed by atoms with van der Waals surface area (Å²) in [5.74, 6) is 1.11. The van der Waals surface area contributed by atoms with Crippen LogP contribution in [0.2, 0.25) is 0 Å². The molecule has 1 aromatic heterocycles. The highest BCUT2D eigenvalue weighted by atomic mass is 19.1. The van der Waals surface area contributed by atoms with E-state index in [1.165, 1.54) is 18.2 Å². The van der Waals surface area contributed by atoms with Crippen molar-refractivity contribution in [1.29, 1.82) is 0 Å². The molecule has 0 amide bonds. The summed E-state index contributed by atoms with van der Waals surface area (Å²) in [6.07, 6.45) is 0. The standard InChI is InChI=1S/C13H15FN2O3/c1-8(2)13-15-12(19-16-13)7-18-11-4-3-10(14)5-9(11)6-17/h3-5,8,17H,6-7H2,1-2H3. The van der Waals surface area contributed by atoms with E-state index in [9.17, 15) is 4.39 Å². The molecule has 19 heavy (non-hydrogen) atoms. The van der Waals surface area contributed by atoms with Crippen LogP contribution >= 0.6 is 0 Å². The summed E-state index contributed by atoms with van der Waals surface area (Å²) < 4.78 is 23.4. The summed E-state index contributed by atoms with van der Waals surface area (Å²) in [4.78, 5) is 4.16. The summed E-state index contributed by atoms with van der Waals surface area (Å²) in [6, 6.07) is 3.95. The number of nitrogens with zero attached hydrogens (tertiary/aromatic N) is 2. The first kappa shape index (κ1) is 13.5. The lowest BCUT2D eigenvalue weighted by molar-refractivity contribution is 0.228. The third kappa shape index (κ3) is 3.29. The van der Waals surface area contributed by atoms with Gasteiger partial charge in [0.15, 0.2) is 12.4 Å². The number of hydrogen-bond acceptors (Lipinski definition) is 5. The largest absolute Gasteiger partial charge is 0.483 e. The van der Waals surface area contributed by atoms with E-state index < -0.39 is 5.82 Å². The van der Waals surface area contributed by atoms with Crippen LogP contribution in [0.5, 0.6) is 5.75 Å². The van der Waals surface area contributed by atoms with E-state index >= 15 is 0 Å². The molecule has 0 aliphatic heterocycles. The van der Waals surface area contributed by atoms with Crippen molar-refractivity contribution < 1.29 is 18.8 Å². The van der Waals surface area contributed by atoms with E-state index in [2.05, 4.69) is 10.1 Å². The molecule has 2 aromatic rings. The average Bonchev–Trinajstić information content (AvgIpc) is 2.86. The van der Waals surface area contributed by atoms with E-state index in [0.29, 0.717) is 23.0 Å². The quantitative estimate of drug-likeness (QED) is 0.900. The van der Waals surface area contributed by atoms with Gasteiger partial charge in [0.05, 0.1) is 6.61 Å². The fraction of sp³-hybridized carbons (Fsp3) is 0.385. The molecule has 5 nitrogen and oxygen atoms in total. The molecule has 0 saturated heterocycles. The summed E-state index contributed by atoms with van der Waals surface area (Å²) in [7, 11) is 0. The number of aliphatic hydroxyl groups excluding tert-OH is 1. The van der Waals surface area contributed by atoms with Crippen molar-refractivity contribution in [3.8, 4) is 5.75 Å². The summed E-state index contributed by atoms with van der Waals surface area (Å²) in [5, 5.41) is 12.9. The van der Waals surface area contributed by atoms with Crippen molar-refractivity contribution in [2.75, 3.05) is 0 Å². The van der Waals surface area contributed by atoms with Crippen LogP contribution in [0.25, 0.3) is 0 Å². The zero-order valence-corrected chi connectivity index (χ0v) is 10.8. The van der Waals surface area contributed by atoms with Gasteiger partial charge in [-0.1, -0.05) is 19.0 Å². The Morgan fingerprint density at radius 1 is 1.42 bits per heavy atom. The van der Waals surface area contributed by atoms with Crippen molar-refractivity contribution in [2.24, 2.45) is 0 Å². The normalized spacial score (nSPS) is 11.0. The summed E-state index contributed by atoms with van der Waals surface area (Å²) in [6.45, 7) is 3.70.